The summed E-state index contributed by atoms with van der Waals surface area (Å²) in [4.78, 5) is 7.87. The molecule has 0 unspecified atom stereocenters. The van der Waals surface area contributed by atoms with Gasteiger partial charge in [-0.05, 0) is 12.8 Å². The maximum atomic E-state index is 6.02. The molecule has 1 heterocycles. The van der Waals surface area contributed by atoms with E-state index in [1.54, 1.807) is 19.2 Å². The largest absolute Gasteiger partial charge is 0.490 e. The van der Waals surface area contributed by atoms with Crippen molar-refractivity contribution < 1.29 is 9.47 Å². The van der Waals surface area contributed by atoms with E-state index in [1.165, 1.54) is 0 Å². The number of hydrogen-bond donors (Lipinski definition) is 0. The molecule has 1 aromatic rings. The van der Waals surface area contributed by atoms with Crippen molar-refractivity contribution in [3.8, 4) is 11.5 Å². The number of aliphatic imine (C=N–C) groups is 2. The summed E-state index contributed by atoms with van der Waals surface area (Å²) < 4.78 is 11.1. The van der Waals surface area contributed by atoms with Gasteiger partial charge < -0.3 is 9.47 Å². The van der Waals surface area contributed by atoms with Gasteiger partial charge in [-0.2, -0.15) is 0 Å². The average molecular weight is 253 g/mol. The Morgan fingerprint density at radius 2 is 1.94 bits per heavy atom. The third-order valence-corrected chi connectivity index (χ3v) is 2.83. The predicted octanol–water partition coefficient (Wildman–Crippen LogP) is 2.80. The topological polar surface area (TPSA) is 43.2 Å². The Hall–Kier alpha value is -1.55. The Morgan fingerprint density at radius 1 is 1.29 bits per heavy atom. The lowest BCUT2D eigenvalue weighted by Gasteiger charge is -2.11. The molecule has 1 aliphatic heterocycles. The number of fused-ring (bicyclic) bond motifs is 1. The van der Waals surface area contributed by atoms with Crippen LogP contribution in [-0.2, 0) is 0 Å². The lowest BCUT2D eigenvalue weighted by Crippen LogP contribution is -1.97. The van der Waals surface area contributed by atoms with Gasteiger partial charge in [-0.15, -0.1) is 0 Å². The van der Waals surface area contributed by atoms with E-state index < -0.39 is 0 Å². The Morgan fingerprint density at radius 3 is 2.53 bits per heavy atom. The second-order valence-corrected chi connectivity index (χ2v) is 3.90. The number of rotatable bonds is 2. The molecule has 0 N–H and O–H groups in total. The maximum Gasteiger partial charge on any atom is 0.163 e. The second-order valence-electron chi connectivity index (χ2n) is 3.54. The van der Waals surface area contributed by atoms with Crippen LogP contribution < -0.4 is 9.47 Å². The highest BCUT2D eigenvalue weighted by Crippen LogP contribution is 2.37. The van der Waals surface area contributed by atoms with Crippen LogP contribution in [0.2, 0.25) is 0 Å². The first-order chi connectivity index (χ1) is 8.26. The molecule has 0 atom stereocenters. The maximum absolute atomic E-state index is 6.02. The molecule has 1 aliphatic rings. The highest BCUT2D eigenvalue weighted by Gasteiger charge is 2.16. The molecule has 0 amide bonds. The van der Waals surface area contributed by atoms with Gasteiger partial charge in [0.1, 0.15) is 5.17 Å². The van der Waals surface area contributed by atoms with Crippen molar-refractivity contribution in [3.05, 3.63) is 17.7 Å². The SMILES string of the molecule is C=Nc1cc2c(cc1C(Cl)=NC)OCCCO2. The lowest BCUT2D eigenvalue weighted by atomic mass is 10.1. The van der Waals surface area contributed by atoms with Crippen LogP contribution in [0.25, 0.3) is 0 Å². The summed E-state index contributed by atoms with van der Waals surface area (Å²) in [5, 5.41) is 0.378. The van der Waals surface area contributed by atoms with Crippen LogP contribution in [0.5, 0.6) is 11.5 Å². The zero-order chi connectivity index (χ0) is 12.3. The number of halogens is 1. The smallest absolute Gasteiger partial charge is 0.163 e. The number of ether oxygens (including phenoxy) is 2. The van der Waals surface area contributed by atoms with Crippen molar-refractivity contribution in [2.24, 2.45) is 9.98 Å². The van der Waals surface area contributed by atoms with E-state index >= 15 is 0 Å². The Labute approximate surface area is 105 Å². The normalized spacial score (nSPS) is 15.3. The van der Waals surface area contributed by atoms with Gasteiger partial charge in [0.2, 0.25) is 0 Å². The minimum atomic E-state index is 0.378. The molecule has 0 aromatic heterocycles. The van der Waals surface area contributed by atoms with Crippen molar-refractivity contribution in [1.82, 2.24) is 0 Å². The number of nitrogens with zero attached hydrogens (tertiary/aromatic N) is 2. The highest BCUT2D eigenvalue weighted by atomic mass is 35.5. The second kappa shape index (κ2) is 5.19. The molecule has 0 saturated carbocycles. The number of benzene rings is 1. The van der Waals surface area contributed by atoms with E-state index in [-0.39, 0.29) is 0 Å². The van der Waals surface area contributed by atoms with E-state index in [4.69, 9.17) is 21.1 Å². The Bertz CT molecular complexity index is 472. The zero-order valence-electron chi connectivity index (χ0n) is 9.57. The third kappa shape index (κ3) is 2.42. The van der Waals surface area contributed by atoms with Gasteiger partial charge >= 0.3 is 0 Å². The average Bonchev–Trinajstić information content (AvgIpc) is 2.60. The summed E-state index contributed by atoms with van der Waals surface area (Å²) in [5.74, 6) is 1.35. The van der Waals surface area contributed by atoms with Gasteiger partial charge in [-0.25, -0.2) is 0 Å². The van der Waals surface area contributed by atoms with E-state index in [0.717, 1.165) is 6.42 Å². The van der Waals surface area contributed by atoms with Crippen LogP contribution in [0.1, 0.15) is 12.0 Å². The molecule has 0 spiro atoms. The van der Waals surface area contributed by atoms with Crippen LogP contribution >= 0.6 is 11.6 Å². The molecular formula is C12H13ClN2O2. The fourth-order valence-electron chi connectivity index (χ4n) is 1.61. The third-order valence-electron chi connectivity index (χ3n) is 2.45. The van der Waals surface area contributed by atoms with E-state index in [0.29, 0.717) is 41.1 Å². The molecule has 5 heteroatoms. The van der Waals surface area contributed by atoms with Gasteiger partial charge in [0.25, 0.3) is 0 Å². The number of hydrogen-bond acceptors (Lipinski definition) is 4. The van der Waals surface area contributed by atoms with Crippen LogP contribution in [-0.4, -0.2) is 32.1 Å². The van der Waals surface area contributed by atoms with Crippen molar-refractivity contribution in [1.29, 1.82) is 0 Å². The fraction of sp³-hybridized carbons (Fsp3) is 0.333. The molecule has 17 heavy (non-hydrogen) atoms. The quantitative estimate of drug-likeness (QED) is 0.760. The molecule has 1 aromatic carbocycles. The summed E-state index contributed by atoms with van der Waals surface area (Å²) in [5.41, 5.74) is 1.35. The minimum absolute atomic E-state index is 0.378. The lowest BCUT2D eigenvalue weighted by molar-refractivity contribution is 0.297. The summed E-state index contributed by atoms with van der Waals surface area (Å²) in [7, 11) is 1.62. The van der Waals surface area contributed by atoms with Crippen LogP contribution in [0.4, 0.5) is 5.69 Å². The Balaban J connectivity index is 2.53. The summed E-state index contributed by atoms with van der Waals surface area (Å²) >= 11 is 6.02. The van der Waals surface area contributed by atoms with Crippen LogP contribution in [0, 0.1) is 0 Å². The highest BCUT2D eigenvalue weighted by molar-refractivity contribution is 6.70. The van der Waals surface area contributed by atoms with Crippen LogP contribution in [0.15, 0.2) is 22.1 Å². The first kappa shape index (κ1) is 11.9. The molecule has 0 saturated heterocycles. The van der Waals surface area contributed by atoms with E-state index in [9.17, 15) is 0 Å². The van der Waals surface area contributed by atoms with Crippen molar-refractivity contribution in [3.63, 3.8) is 0 Å². The van der Waals surface area contributed by atoms with Gasteiger partial charge in [0, 0.05) is 25.1 Å². The molecule has 2 rings (SSSR count). The Kier molecular flexibility index (Phi) is 3.64. The van der Waals surface area contributed by atoms with E-state index in [2.05, 4.69) is 16.7 Å². The van der Waals surface area contributed by atoms with Gasteiger partial charge in [-0.3, -0.25) is 9.98 Å². The van der Waals surface area contributed by atoms with Crippen molar-refractivity contribution in [2.75, 3.05) is 20.3 Å². The molecule has 0 radical (unpaired) electrons. The summed E-state index contributed by atoms with van der Waals surface area (Å²) in [6, 6.07) is 3.57. The summed E-state index contributed by atoms with van der Waals surface area (Å²) in [6.45, 7) is 4.79. The molecule has 4 nitrogen and oxygen atoms in total. The first-order valence-corrected chi connectivity index (χ1v) is 5.67. The van der Waals surface area contributed by atoms with Gasteiger partial charge in [0.15, 0.2) is 11.5 Å². The molecule has 0 fully saturated rings. The molecule has 0 bridgehead atoms. The predicted molar refractivity (Wildman–Crippen MR) is 69.6 cm³/mol. The standard InChI is InChI=1S/C12H13ClN2O2/c1-14-9-7-11-10(16-4-3-5-17-11)6-8(9)12(13)15-2/h6-7H,1,3-5H2,2H3. The molecule has 90 valence electrons. The molecule has 0 aliphatic carbocycles. The van der Waals surface area contributed by atoms with E-state index in [1.807, 2.05) is 0 Å². The zero-order valence-corrected chi connectivity index (χ0v) is 10.3. The van der Waals surface area contributed by atoms with Crippen molar-refractivity contribution >= 4 is 29.2 Å². The summed E-state index contributed by atoms with van der Waals surface area (Å²) in [6.07, 6.45) is 0.858. The van der Waals surface area contributed by atoms with Gasteiger partial charge in [0.05, 0.1) is 18.9 Å². The van der Waals surface area contributed by atoms with Gasteiger partial charge in [-0.1, -0.05) is 11.6 Å². The van der Waals surface area contributed by atoms with Crippen LogP contribution in [0.3, 0.4) is 0 Å². The monoisotopic (exact) mass is 252 g/mol. The van der Waals surface area contributed by atoms with Crippen molar-refractivity contribution in [2.45, 2.75) is 6.42 Å². The minimum Gasteiger partial charge on any atom is -0.490 e. The fourth-order valence-corrected chi connectivity index (χ4v) is 1.77. The molecular weight excluding hydrogens is 240 g/mol. The first-order valence-electron chi connectivity index (χ1n) is 5.29.